The van der Waals surface area contributed by atoms with E-state index in [9.17, 15) is 9.59 Å². The molecule has 0 saturated heterocycles. The molecule has 1 aromatic carbocycles. The fourth-order valence-electron chi connectivity index (χ4n) is 4.14. The number of nitrogens with one attached hydrogen (secondary N) is 1. The van der Waals surface area contributed by atoms with Crippen LogP contribution in [0.3, 0.4) is 0 Å². The second kappa shape index (κ2) is 8.61. The van der Waals surface area contributed by atoms with Crippen molar-refractivity contribution in [1.29, 1.82) is 0 Å². The number of fused-ring (bicyclic) bond motifs is 2. The van der Waals surface area contributed by atoms with Crippen LogP contribution in [0.25, 0.3) is 0 Å². The first-order chi connectivity index (χ1) is 16.0. The Labute approximate surface area is 190 Å². The zero-order valence-electron chi connectivity index (χ0n) is 18.5. The summed E-state index contributed by atoms with van der Waals surface area (Å²) in [5.41, 5.74) is 1.02. The Morgan fingerprint density at radius 2 is 1.88 bits per heavy atom. The first kappa shape index (κ1) is 21.0. The van der Waals surface area contributed by atoms with Gasteiger partial charge in [-0.3, -0.25) is 9.59 Å². The van der Waals surface area contributed by atoms with Gasteiger partial charge in [-0.1, -0.05) is 13.8 Å². The minimum atomic E-state index is -0.329. The fraction of sp³-hybridized carbons (Fsp3) is 0.391. The highest BCUT2D eigenvalue weighted by atomic mass is 16.7. The Bertz CT molecular complexity index is 1170. The average molecular weight is 451 g/mol. The highest BCUT2D eigenvalue weighted by molar-refractivity contribution is 5.95. The molecule has 0 unspecified atom stereocenters. The van der Waals surface area contributed by atoms with E-state index in [0.29, 0.717) is 54.5 Å². The molecule has 2 aliphatic rings. The molecule has 1 atom stereocenters. The van der Waals surface area contributed by atoms with E-state index in [-0.39, 0.29) is 30.6 Å². The number of hydrogen-bond donors (Lipinski definition) is 1. The van der Waals surface area contributed by atoms with E-state index in [1.54, 1.807) is 24.3 Å². The summed E-state index contributed by atoms with van der Waals surface area (Å²) in [5, 5.41) is 11.8. The minimum absolute atomic E-state index is 0.0674. The molecule has 0 bridgehead atoms. The van der Waals surface area contributed by atoms with E-state index < -0.39 is 0 Å². The molecule has 4 heterocycles. The molecule has 5 rings (SSSR count). The van der Waals surface area contributed by atoms with Crippen molar-refractivity contribution in [3.05, 3.63) is 59.6 Å². The maximum Gasteiger partial charge on any atom is 0.255 e. The zero-order chi connectivity index (χ0) is 22.9. The SMILES string of the molecule is CC(C)[C@H](NC(=O)c1ccoc1)c1nnc2n1CCN(C(=O)c1ccc3c(c1)OCO3)CC2. The molecule has 0 fully saturated rings. The number of furan rings is 1. The summed E-state index contributed by atoms with van der Waals surface area (Å²) < 4.78 is 17.8. The number of carbonyl (C=O) groups is 2. The predicted molar refractivity (Wildman–Crippen MR) is 116 cm³/mol. The van der Waals surface area contributed by atoms with Crippen molar-refractivity contribution in [3.8, 4) is 11.5 Å². The standard InChI is InChI=1S/C23H25N5O5/c1-14(2)20(24-22(29)16-6-10-31-12-16)21-26-25-19-5-7-27(8-9-28(19)21)23(30)15-3-4-17-18(11-15)33-13-32-17/h3-4,6,10-12,14,20H,5,7-9,13H2,1-2H3,(H,24,29)/t20-/m0/s1. The monoisotopic (exact) mass is 451 g/mol. The molecule has 172 valence electrons. The summed E-state index contributed by atoms with van der Waals surface area (Å²) in [6, 6.07) is 6.53. The lowest BCUT2D eigenvalue weighted by Gasteiger charge is -2.23. The van der Waals surface area contributed by atoms with Crippen molar-refractivity contribution in [3.63, 3.8) is 0 Å². The highest BCUT2D eigenvalue weighted by Crippen LogP contribution is 2.33. The Morgan fingerprint density at radius 1 is 1.03 bits per heavy atom. The van der Waals surface area contributed by atoms with Crippen LogP contribution in [0, 0.1) is 5.92 Å². The topological polar surface area (TPSA) is 112 Å². The molecular weight excluding hydrogens is 426 g/mol. The Kier molecular flexibility index (Phi) is 5.49. The van der Waals surface area contributed by atoms with Crippen LogP contribution in [0.5, 0.6) is 11.5 Å². The van der Waals surface area contributed by atoms with E-state index in [2.05, 4.69) is 15.5 Å². The molecule has 0 spiro atoms. The van der Waals surface area contributed by atoms with Crippen LogP contribution >= 0.6 is 0 Å². The zero-order valence-corrected chi connectivity index (χ0v) is 18.5. The number of ether oxygens (including phenoxy) is 2. The van der Waals surface area contributed by atoms with Gasteiger partial charge in [-0.15, -0.1) is 10.2 Å². The van der Waals surface area contributed by atoms with Gasteiger partial charge in [0.2, 0.25) is 6.79 Å². The first-order valence-corrected chi connectivity index (χ1v) is 10.9. The Balaban J connectivity index is 1.33. The summed E-state index contributed by atoms with van der Waals surface area (Å²) in [4.78, 5) is 27.6. The molecule has 0 radical (unpaired) electrons. The number of rotatable bonds is 5. The molecular formula is C23H25N5O5. The van der Waals surface area contributed by atoms with Crippen molar-refractivity contribution in [2.75, 3.05) is 19.9 Å². The van der Waals surface area contributed by atoms with Crippen LogP contribution in [-0.2, 0) is 13.0 Å². The summed E-state index contributed by atoms with van der Waals surface area (Å²) in [5.74, 6) is 2.51. The largest absolute Gasteiger partial charge is 0.472 e. The van der Waals surface area contributed by atoms with Crippen molar-refractivity contribution >= 4 is 11.8 Å². The smallest absolute Gasteiger partial charge is 0.255 e. The molecule has 2 aromatic heterocycles. The van der Waals surface area contributed by atoms with Gasteiger partial charge in [-0.2, -0.15) is 0 Å². The number of nitrogens with zero attached hydrogens (tertiary/aromatic N) is 4. The molecule has 2 aliphatic heterocycles. The number of aromatic nitrogens is 3. The molecule has 10 heteroatoms. The van der Waals surface area contributed by atoms with Gasteiger partial charge in [-0.05, 0) is 30.2 Å². The lowest BCUT2D eigenvalue weighted by atomic mass is 10.0. The Morgan fingerprint density at radius 3 is 2.67 bits per heavy atom. The molecule has 3 aromatic rings. The van der Waals surface area contributed by atoms with E-state index >= 15 is 0 Å². The normalized spacial score (nSPS) is 15.8. The number of amides is 2. The molecule has 2 amide bonds. The van der Waals surface area contributed by atoms with Gasteiger partial charge in [0.1, 0.15) is 12.1 Å². The van der Waals surface area contributed by atoms with E-state index in [1.165, 1.54) is 12.5 Å². The first-order valence-electron chi connectivity index (χ1n) is 10.9. The second-order valence-electron chi connectivity index (χ2n) is 8.44. The summed E-state index contributed by atoms with van der Waals surface area (Å²) in [7, 11) is 0. The average Bonchev–Trinajstić information content (AvgIpc) is 3.55. The van der Waals surface area contributed by atoms with Gasteiger partial charge in [0.15, 0.2) is 17.3 Å². The van der Waals surface area contributed by atoms with Crippen LogP contribution in [0.2, 0.25) is 0 Å². The van der Waals surface area contributed by atoms with Gasteiger partial charge in [-0.25, -0.2) is 0 Å². The molecule has 33 heavy (non-hydrogen) atoms. The van der Waals surface area contributed by atoms with Gasteiger partial charge in [0.25, 0.3) is 11.8 Å². The van der Waals surface area contributed by atoms with Crippen molar-refractivity contribution in [1.82, 2.24) is 25.0 Å². The van der Waals surface area contributed by atoms with Crippen molar-refractivity contribution < 1.29 is 23.5 Å². The van der Waals surface area contributed by atoms with Crippen LogP contribution < -0.4 is 14.8 Å². The predicted octanol–water partition coefficient (Wildman–Crippen LogP) is 2.43. The van der Waals surface area contributed by atoms with E-state index in [0.717, 1.165) is 5.82 Å². The molecule has 1 N–H and O–H groups in total. The number of carbonyl (C=O) groups excluding carboxylic acids is 2. The molecule has 10 nitrogen and oxygen atoms in total. The van der Waals surface area contributed by atoms with Crippen LogP contribution in [0.4, 0.5) is 0 Å². The lowest BCUT2D eigenvalue weighted by molar-refractivity contribution is 0.0758. The number of hydrogen-bond acceptors (Lipinski definition) is 7. The van der Waals surface area contributed by atoms with Gasteiger partial charge >= 0.3 is 0 Å². The minimum Gasteiger partial charge on any atom is -0.472 e. The van der Waals surface area contributed by atoms with Crippen LogP contribution in [0.1, 0.15) is 52.3 Å². The third kappa shape index (κ3) is 4.04. The van der Waals surface area contributed by atoms with E-state index in [1.807, 2.05) is 23.3 Å². The maximum absolute atomic E-state index is 13.1. The van der Waals surface area contributed by atoms with Crippen molar-refractivity contribution in [2.24, 2.45) is 5.92 Å². The molecule has 0 saturated carbocycles. The van der Waals surface area contributed by atoms with Crippen molar-refractivity contribution in [2.45, 2.75) is 32.9 Å². The quantitative estimate of drug-likeness (QED) is 0.634. The van der Waals surface area contributed by atoms with Gasteiger partial charge in [0.05, 0.1) is 17.9 Å². The van der Waals surface area contributed by atoms with Gasteiger partial charge in [0, 0.05) is 31.6 Å². The van der Waals surface area contributed by atoms with Gasteiger partial charge < -0.3 is 28.7 Å². The highest BCUT2D eigenvalue weighted by Gasteiger charge is 2.29. The maximum atomic E-state index is 13.1. The third-order valence-electron chi connectivity index (χ3n) is 5.98. The van der Waals surface area contributed by atoms with Crippen LogP contribution in [0.15, 0.2) is 41.2 Å². The van der Waals surface area contributed by atoms with Crippen LogP contribution in [-0.4, -0.2) is 51.4 Å². The fourth-order valence-corrected chi connectivity index (χ4v) is 4.14. The number of benzene rings is 1. The summed E-state index contributed by atoms with van der Waals surface area (Å²) in [6.45, 7) is 5.79. The lowest BCUT2D eigenvalue weighted by Crippen LogP contribution is -2.35. The van der Waals surface area contributed by atoms with E-state index in [4.69, 9.17) is 13.9 Å². The molecule has 0 aliphatic carbocycles. The second-order valence-corrected chi connectivity index (χ2v) is 8.44. The summed E-state index contributed by atoms with van der Waals surface area (Å²) >= 11 is 0. The Hall–Kier alpha value is -3.82. The third-order valence-corrected chi connectivity index (χ3v) is 5.98. The summed E-state index contributed by atoms with van der Waals surface area (Å²) in [6.07, 6.45) is 3.45.